The Labute approximate surface area is 100 Å². The molecular formula is C12H17N3O2. The molecule has 0 aliphatic carbocycles. The van der Waals surface area contributed by atoms with Gasteiger partial charge in [0, 0.05) is 25.0 Å². The molecule has 1 unspecified atom stereocenters. The van der Waals surface area contributed by atoms with Crippen LogP contribution < -0.4 is 4.90 Å². The highest BCUT2D eigenvalue weighted by molar-refractivity contribution is 5.91. The van der Waals surface area contributed by atoms with Crippen molar-refractivity contribution < 1.29 is 9.90 Å². The quantitative estimate of drug-likeness (QED) is 0.867. The van der Waals surface area contributed by atoms with Gasteiger partial charge in [0.15, 0.2) is 11.5 Å². The summed E-state index contributed by atoms with van der Waals surface area (Å²) in [5.41, 5.74) is 0.0628. The Morgan fingerprint density at radius 3 is 2.94 bits per heavy atom. The van der Waals surface area contributed by atoms with E-state index in [9.17, 15) is 4.79 Å². The summed E-state index contributed by atoms with van der Waals surface area (Å²) in [4.78, 5) is 21.4. The monoisotopic (exact) mass is 235 g/mol. The molecule has 1 atom stereocenters. The normalized spacial score (nSPS) is 20.3. The molecule has 2 heterocycles. The lowest BCUT2D eigenvalue weighted by molar-refractivity contribution is 0.0690. The van der Waals surface area contributed by atoms with Gasteiger partial charge in [-0.25, -0.2) is 14.8 Å². The van der Waals surface area contributed by atoms with Gasteiger partial charge in [0.25, 0.3) is 0 Å². The van der Waals surface area contributed by atoms with E-state index in [0.717, 1.165) is 25.8 Å². The van der Waals surface area contributed by atoms with Crippen molar-refractivity contribution in [3.63, 3.8) is 0 Å². The number of anilines is 1. The number of hydrogen-bond acceptors (Lipinski definition) is 4. The molecule has 0 radical (unpaired) electrons. The average Bonchev–Trinajstić information content (AvgIpc) is 2.38. The van der Waals surface area contributed by atoms with E-state index < -0.39 is 5.97 Å². The van der Waals surface area contributed by atoms with Gasteiger partial charge in [-0.3, -0.25) is 0 Å². The number of hydrogen-bond donors (Lipinski definition) is 1. The second-order valence-corrected chi connectivity index (χ2v) is 4.28. The smallest absolute Gasteiger partial charge is 0.358 e. The second-order valence-electron chi connectivity index (χ2n) is 4.28. The molecule has 0 bridgehead atoms. The van der Waals surface area contributed by atoms with Crippen molar-refractivity contribution in [1.82, 2.24) is 9.97 Å². The molecular weight excluding hydrogens is 218 g/mol. The topological polar surface area (TPSA) is 66.3 Å². The van der Waals surface area contributed by atoms with Crippen LogP contribution >= 0.6 is 0 Å². The molecule has 2 rings (SSSR count). The van der Waals surface area contributed by atoms with Gasteiger partial charge in [-0.2, -0.15) is 0 Å². The van der Waals surface area contributed by atoms with Crippen LogP contribution in [0.15, 0.2) is 12.4 Å². The standard InChI is InChI=1S/C12H17N3O2/c1-2-9-5-3-4-8-15(9)11-10(12(16)17)13-6-7-14-11/h6-7,9H,2-5,8H2,1H3,(H,16,17). The Hall–Kier alpha value is -1.65. The van der Waals surface area contributed by atoms with Crippen LogP contribution in [0, 0.1) is 0 Å². The molecule has 1 aliphatic rings. The van der Waals surface area contributed by atoms with E-state index in [1.165, 1.54) is 12.6 Å². The summed E-state index contributed by atoms with van der Waals surface area (Å²) in [6.45, 7) is 3.00. The fourth-order valence-corrected chi connectivity index (χ4v) is 2.40. The zero-order chi connectivity index (χ0) is 12.3. The summed E-state index contributed by atoms with van der Waals surface area (Å²) in [6, 6.07) is 0.388. The maximum absolute atomic E-state index is 11.1. The van der Waals surface area contributed by atoms with Crippen molar-refractivity contribution in [2.45, 2.75) is 38.6 Å². The summed E-state index contributed by atoms with van der Waals surface area (Å²) in [7, 11) is 0. The van der Waals surface area contributed by atoms with Crippen LogP contribution in [0.3, 0.4) is 0 Å². The lowest BCUT2D eigenvalue weighted by Crippen LogP contribution is -2.40. The predicted octanol–water partition coefficient (Wildman–Crippen LogP) is 1.94. The van der Waals surface area contributed by atoms with Gasteiger partial charge in [0.1, 0.15) is 0 Å². The molecule has 0 spiro atoms. The van der Waals surface area contributed by atoms with Crippen molar-refractivity contribution in [2.75, 3.05) is 11.4 Å². The number of rotatable bonds is 3. The van der Waals surface area contributed by atoms with Gasteiger partial charge in [-0.05, 0) is 25.7 Å². The highest BCUT2D eigenvalue weighted by atomic mass is 16.4. The second kappa shape index (κ2) is 5.12. The molecule has 1 aromatic rings. The molecule has 0 saturated carbocycles. The summed E-state index contributed by atoms with van der Waals surface area (Å²) >= 11 is 0. The van der Waals surface area contributed by atoms with Crippen LogP contribution in [0.25, 0.3) is 0 Å². The first-order valence-corrected chi connectivity index (χ1v) is 6.05. The van der Waals surface area contributed by atoms with E-state index in [1.807, 2.05) is 0 Å². The molecule has 5 heteroatoms. The van der Waals surface area contributed by atoms with Gasteiger partial charge < -0.3 is 10.0 Å². The Kier molecular flexibility index (Phi) is 3.56. The van der Waals surface area contributed by atoms with Crippen LogP contribution in [0.1, 0.15) is 43.1 Å². The first-order valence-electron chi connectivity index (χ1n) is 6.05. The van der Waals surface area contributed by atoms with Crippen LogP contribution in [0.5, 0.6) is 0 Å². The first kappa shape index (κ1) is 11.8. The number of carbonyl (C=O) groups is 1. The molecule has 17 heavy (non-hydrogen) atoms. The van der Waals surface area contributed by atoms with Crippen LogP contribution in [0.2, 0.25) is 0 Å². The Balaban J connectivity index is 2.34. The van der Waals surface area contributed by atoms with Crippen molar-refractivity contribution >= 4 is 11.8 Å². The Morgan fingerprint density at radius 2 is 2.24 bits per heavy atom. The Bertz CT molecular complexity index is 408. The first-order chi connectivity index (χ1) is 8.24. The van der Waals surface area contributed by atoms with Gasteiger partial charge in [0.2, 0.25) is 0 Å². The SMILES string of the molecule is CCC1CCCCN1c1nccnc1C(=O)O. The highest BCUT2D eigenvalue weighted by Crippen LogP contribution is 2.26. The van der Waals surface area contributed by atoms with Gasteiger partial charge in [-0.15, -0.1) is 0 Å². The van der Waals surface area contributed by atoms with E-state index in [1.54, 1.807) is 6.20 Å². The largest absolute Gasteiger partial charge is 0.476 e. The van der Waals surface area contributed by atoms with Gasteiger partial charge in [0.05, 0.1) is 0 Å². The lowest BCUT2D eigenvalue weighted by Gasteiger charge is -2.36. The van der Waals surface area contributed by atoms with E-state index >= 15 is 0 Å². The van der Waals surface area contributed by atoms with Crippen molar-refractivity contribution in [3.8, 4) is 0 Å². The molecule has 5 nitrogen and oxygen atoms in total. The summed E-state index contributed by atoms with van der Waals surface area (Å²) < 4.78 is 0. The highest BCUT2D eigenvalue weighted by Gasteiger charge is 2.26. The third-order valence-electron chi connectivity index (χ3n) is 3.25. The zero-order valence-electron chi connectivity index (χ0n) is 9.96. The fourth-order valence-electron chi connectivity index (χ4n) is 2.40. The Morgan fingerprint density at radius 1 is 1.47 bits per heavy atom. The maximum Gasteiger partial charge on any atom is 0.358 e. The fraction of sp³-hybridized carbons (Fsp3) is 0.583. The predicted molar refractivity (Wildman–Crippen MR) is 64.3 cm³/mol. The molecule has 0 amide bonds. The van der Waals surface area contributed by atoms with Gasteiger partial charge >= 0.3 is 5.97 Å². The third-order valence-corrected chi connectivity index (χ3v) is 3.25. The third kappa shape index (κ3) is 2.38. The molecule has 1 saturated heterocycles. The van der Waals surface area contributed by atoms with Crippen LogP contribution in [-0.4, -0.2) is 33.6 Å². The molecule has 92 valence electrons. The van der Waals surface area contributed by atoms with E-state index in [4.69, 9.17) is 5.11 Å². The zero-order valence-corrected chi connectivity index (χ0v) is 9.96. The van der Waals surface area contributed by atoms with Crippen molar-refractivity contribution in [3.05, 3.63) is 18.1 Å². The lowest BCUT2D eigenvalue weighted by atomic mass is 10.00. The maximum atomic E-state index is 11.1. The molecule has 1 fully saturated rings. The number of aromatic carboxylic acids is 1. The molecule has 1 N–H and O–H groups in total. The van der Waals surface area contributed by atoms with Crippen molar-refractivity contribution in [2.24, 2.45) is 0 Å². The van der Waals surface area contributed by atoms with Crippen LogP contribution in [-0.2, 0) is 0 Å². The number of piperidine rings is 1. The van der Waals surface area contributed by atoms with E-state index in [-0.39, 0.29) is 5.69 Å². The number of carboxylic acid groups (broad SMARTS) is 1. The molecule has 1 aromatic heterocycles. The van der Waals surface area contributed by atoms with Gasteiger partial charge in [-0.1, -0.05) is 6.92 Å². The minimum absolute atomic E-state index is 0.0628. The average molecular weight is 235 g/mol. The molecule has 0 aromatic carbocycles. The number of nitrogens with zero attached hydrogens (tertiary/aromatic N) is 3. The summed E-state index contributed by atoms with van der Waals surface area (Å²) in [5.74, 6) is -0.486. The molecule has 1 aliphatic heterocycles. The number of aromatic nitrogens is 2. The number of carboxylic acids is 1. The summed E-state index contributed by atoms with van der Waals surface area (Å²) in [6.07, 6.45) is 7.40. The van der Waals surface area contributed by atoms with E-state index in [2.05, 4.69) is 21.8 Å². The summed E-state index contributed by atoms with van der Waals surface area (Å²) in [5, 5.41) is 9.13. The van der Waals surface area contributed by atoms with Crippen LogP contribution in [0.4, 0.5) is 5.82 Å². The minimum atomic E-state index is -1.01. The van der Waals surface area contributed by atoms with E-state index in [0.29, 0.717) is 11.9 Å². The van der Waals surface area contributed by atoms with Crippen molar-refractivity contribution in [1.29, 1.82) is 0 Å². The minimum Gasteiger partial charge on any atom is -0.476 e.